The third kappa shape index (κ3) is 4.45. The van der Waals surface area contributed by atoms with Gasteiger partial charge in [-0.3, -0.25) is 4.68 Å². The Hall–Kier alpha value is -3.79. The normalized spacial score (nSPS) is 12.5. The minimum atomic E-state index is -0.498. The molecule has 0 saturated heterocycles. The van der Waals surface area contributed by atoms with E-state index in [1.54, 1.807) is 10.9 Å². The molecule has 32 heavy (non-hydrogen) atoms. The topological polar surface area (TPSA) is 86.4 Å². The number of carbonyl (C=O) groups is 1. The average Bonchev–Trinajstić information content (AvgIpc) is 3.23. The van der Waals surface area contributed by atoms with Crippen LogP contribution in [0.2, 0.25) is 0 Å². The highest BCUT2D eigenvalue weighted by molar-refractivity contribution is 5.97. The molecule has 0 amide bonds. The van der Waals surface area contributed by atoms with Crippen molar-refractivity contribution < 1.29 is 19.0 Å². The lowest BCUT2D eigenvalue weighted by Crippen LogP contribution is -2.15. The second-order valence-corrected chi connectivity index (χ2v) is 7.99. The molecule has 0 unspecified atom stereocenters. The zero-order valence-corrected chi connectivity index (χ0v) is 18.4. The van der Waals surface area contributed by atoms with E-state index < -0.39 is 5.97 Å². The molecule has 0 atom stereocenters. The summed E-state index contributed by atoms with van der Waals surface area (Å²) in [7, 11) is 0. The monoisotopic (exact) mass is 431 g/mol. The van der Waals surface area contributed by atoms with Crippen LogP contribution >= 0.6 is 0 Å². The van der Waals surface area contributed by atoms with E-state index >= 15 is 0 Å². The molecule has 0 spiro atoms. The molecule has 2 heterocycles. The fourth-order valence-corrected chi connectivity index (χ4v) is 3.49. The van der Waals surface area contributed by atoms with E-state index in [-0.39, 0.29) is 6.42 Å². The Morgan fingerprint density at radius 2 is 1.97 bits per heavy atom. The number of aryl methyl sites for hydroxylation is 2. The van der Waals surface area contributed by atoms with Crippen LogP contribution in [0.25, 0.3) is 11.3 Å². The van der Waals surface area contributed by atoms with Crippen LogP contribution in [-0.2, 0) is 6.54 Å². The SMILES string of the molecule is Cc1ccc(C(C)C)cc1OC(=O)c1cn(CCC#N)nc1-c1ccc2c(c1)OCCO2. The maximum absolute atomic E-state index is 13.2. The molecule has 0 fully saturated rings. The van der Waals surface area contributed by atoms with Gasteiger partial charge in [0.25, 0.3) is 0 Å². The number of fused-ring (bicyclic) bond motifs is 1. The molecule has 1 aliphatic rings. The van der Waals surface area contributed by atoms with Crippen molar-refractivity contribution >= 4 is 5.97 Å². The number of aromatic nitrogens is 2. The van der Waals surface area contributed by atoms with Gasteiger partial charge in [-0.1, -0.05) is 26.0 Å². The molecule has 7 nitrogen and oxygen atoms in total. The highest BCUT2D eigenvalue weighted by Crippen LogP contribution is 2.35. The number of esters is 1. The third-order valence-electron chi connectivity index (χ3n) is 5.33. The largest absolute Gasteiger partial charge is 0.486 e. The first-order valence-corrected chi connectivity index (χ1v) is 10.6. The second kappa shape index (κ2) is 9.15. The number of benzene rings is 2. The van der Waals surface area contributed by atoms with Crippen LogP contribution in [0.3, 0.4) is 0 Å². The first-order chi connectivity index (χ1) is 15.5. The number of hydrogen-bond donors (Lipinski definition) is 0. The first-order valence-electron chi connectivity index (χ1n) is 10.6. The summed E-state index contributed by atoms with van der Waals surface area (Å²) in [6.07, 6.45) is 1.92. The molecule has 1 aliphatic heterocycles. The number of nitrogens with zero attached hydrogens (tertiary/aromatic N) is 3. The van der Waals surface area contributed by atoms with Gasteiger partial charge in [0.1, 0.15) is 30.2 Å². The smallest absolute Gasteiger partial charge is 0.347 e. The summed E-state index contributed by atoms with van der Waals surface area (Å²) in [6, 6.07) is 13.5. The van der Waals surface area contributed by atoms with Crippen LogP contribution in [0.4, 0.5) is 0 Å². The van der Waals surface area contributed by atoms with Gasteiger partial charge >= 0.3 is 5.97 Å². The predicted molar refractivity (Wildman–Crippen MR) is 119 cm³/mol. The molecule has 7 heteroatoms. The second-order valence-electron chi connectivity index (χ2n) is 7.99. The summed E-state index contributed by atoms with van der Waals surface area (Å²) in [4.78, 5) is 13.2. The fraction of sp³-hybridized carbons (Fsp3) is 0.320. The van der Waals surface area contributed by atoms with Crippen LogP contribution in [-0.4, -0.2) is 29.0 Å². The number of ether oxygens (including phenoxy) is 3. The molecule has 164 valence electrons. The Morgan fingerprint density at radius 1 is 1.19 bits per heavy atom. The van der Waals surface area contributed by atoms with Crippen LogP contribution in [0.5, 0.6) is 17.2 Å². The number of rotatable bonds is 6. The van der Waals surface area contributed by atoms with Crippen molar-refractivity contribution in [1.29, 1.82) is 5.26 Å². The van der Waals surface area contributed by atoms with E-state index in [0.29, 0.717) is 59.7 Å². The Labute approximate surface area is 187 Å². The number of nitriles is 1. The van der Waals surface area contributed by atoms with E-state index in [1.165, 1.54) is 0 Å². The summed E-state index contributed by atoms with van der Waals surface area (Å²) in [5.41, 5.74) is 3.48. The van der Waals surface area contributed by atoms with Crippen LogP contribution in [0.1, 0.15) is 47.7 Å². The van der Waals surface area contributed by atoms with E-state index in [4.69, 9.17) is 19.5 Å². The molecular weight excluding hydrogens is 406 g/mol. The maximum Gasteiger partial charge on any atom is 0.347 e. The highest BCUT2D eigenvalue weighted by atomic mass is 16.6. The van der Waals surface area contributed by atoms with Gasteiger partial charge in [0.05, 0.1) is 19.0 Å². The Morgan fingerprint density at radius 3 is 2.72 bits per heavy atom. The molecule has 1 aromatic heterocycles. The summed E-state index contributed by atoms with van der Waals surface area (Å²) < 4.78 is 18.7. The van der Waals surface area contributed by atoms with Crippen LogP contribution in [0, 0.1) is 18.3 Å². The molecule has 4 rings (SSSR count). The number of hydrogen-bond acceptors (Lipinski definition) is 6. The lowest BCUT2D eigenvalue weighted by Gasteiger charge is -2.18. The van der Waals surface area contributed by atoms with Gasteiger partial charge in [-0.05, 0) is 48.2 Å². The maximum atomic E-state index is 13.2. The van der Waals surface area contributed by atoms with Gasteiger partial charge in [-0.25, -0.2) is 4.79 Å². The van der Waals surface area contributed by atoms with E-state index in [0.717, 1.165) is 11.1 Å². The number of carbonyl (C=O) groups excluding carboxylic acids is 1. The van der Waals surface area contributed by atoms with Crippen molar-refractivity contribution in [2.75, 3.05) is 13.2 Å². The van der Waals surface area contributed by atoms with Crippen molar-refractivity contribution in [3.8, 4) is 34.6 Å². The summed E-state index contributed by atoms with van der Waals surface area (Å²) >= 11 is 0. The lowest BCUT2D eigenvalue weighted by atomic mass is 10.0. The van der Waals surface area contributed by atoms with Crippen molar-refractivity contribution in [3.63, 3.8) is 0 Å². The molecule has 0 aliphatic carbocycles. The Bertz CT molecular complexity index is 1190. The fourth-order valence-electron chi connectivity index (χ4n) is 3.49. The van der Waals surface area contributed by atoms with Gasteiger partial charge in [-0.15, -0.1) is 0 Å². The van der Waals surface area contributed by atoms with E-state index in [2.05, 4.69) is 25.0 Å². The van der Waals surface area contributed by atoms with Gasteiger partial charge < -0.3 is 14.2 Å². The van der Waals surface area contributed by atoms with Crippen molar-refractivity contribution in [2.45, 2.75) is 39.7 Å². The summed E-state index contributed by atoms with van der Waals surface area (Å²) in [6.45, 7) is 7.44. The van der Waals surface area contributed by atoms with Crippen molar-refractivity contribution in [2.24, 2.45) is 0 Å². The summed E-state index contributed by atoms with van der Waals surface area (Å²) in [5, 5.41) is 13.5. The minimum absolute atomic E-state index is 0.284. The van der Waals surface area contributed by atoms with Gasteiger partial charge in [-0.2, -0.15) is 10.4 Å². The van der Waals surface area contributed by atoms with Gasteiger partial charge in [0.2, 0.25) is 0 Å². The zero-order valence-electron chi connectivity index (χ0n) is 18.4. The molecule has 0 N–H and O–H groups in total. The molecule has 3 aromatic rings. The van der Waals surface area contributed by atoms with Crippen molar-refractivity contribution in [1.82, 2.24) is 9.78 Å². The average molecular weight is 431 g/mol. The standard InChI is InChI=1S/C25H25N3O4/c1-16(2)18-6-5-17(3)22(13-18)32-25(29)20-15-28(10-4-9-26)27-24(20)19-7-8-21-23(14-19)31-12-11-30-21/h5-8,13-16H,4,10-12H2,1-3H3. The molecule has 0 bridgehead atoms. The Kier molecular flexibility index (Phi) is 6.13. The van der Waals surface area contributed by atoms with Gasteiger partial charge in [0, 0.05) is 11.8 Å². The minimum Gasteiger partial charge on any atom is -0.486 e. The lowest BCUT2D eigenvalue weighted by molar-refractivity contribution is 0.0734. The Balaban J connectivity index is 1.70. The molecular formula is C25H25N3O4. The predicted octanol–water partition coefficient (Wildman–Crippen LogP) is 4.89. The quantitative estimate of drug-likeness (QED) is 0.408. The van der Waals surface area contributed by atoms with Gasteiger partial charge in [0.15, 0.2) is 11.5 Å². The molecule has 2 aromatic carbocycles. The zero-order chi connectivity index (χ0) is 22.7. The molecule has 0 saturated carbocycles. The first kappa shape index (κ1) is 21.4. The highest BCUT2D eigenvalue weighted by Gasteiger charge is 2.23. The van der Waals surface area contributed by atoms with Crippen molar-refractivity contribution in [3.05, 3.63) is 59.3 Å². The van der Waals surface area contributed by atoms with Crippen LogP contribution < -0.4 is 14.2 Å². The third-order valence-corrected chi connectivity index (χ3v) is 5.33. The van der Waals surface area contributed by atoms with Crippen LogP contribution in [0.15, 0.2) is 42.6 Å². The summed E-state index contributed by atoms with van der Waals surface area (Å²) in [5.74, 6) is 1.62. The molecule has 0 radical (unpaired) electrons. The van der Waals surface area contributed by atoms with E-state index in [1.807, 2.05) is 43.3 Å². The van der Waals surface area contributed by atoms with E-state index in [9.17, 15) is 4.79 Å².